The summed E-state index contributed by atoms with van der Waals surface area (Å²) in [5.41, 5.74) is 0.857. The van der Waals surface area contributed by atoms with Crippen molar-refractivity contribution in [1.82, 2.24) is 0 Å². The van der Waals surface area contributed by atoms with Gasteiger partial charge in [0.05, 0.1) is 4.34 Å². The van der Waals surface area contributed by atoms with Crippen molar-refractivity contribution in [2.75, 3.05) is 0 Å². The molecule has 2 aromatic rings. The highest BCUT2D eigenvalue weighted by molar-refractivity contribution is 9.10. The molecule has 1 aromatic carbocycles. The molecule has 0 spiro atoms. The first-order valence-corrected chi connectivity index (χ1v) is 6.35. The molecule has 1 unspecified atom stereocenters. The molecule has 1 atom stereocenters. The van der Waals surface area contributed by atoms with Gasteiger partial charge >= 0.3 is 0 Å². The molecule has 1 nitrogen and oxygen atoms in total. The predicted octanol–water partition coefficient (Wildman–Crippen LogP) is 4.25. The molecule has 0 aliphatic heterocycles. The van der Waals surface area contributed by atoms with Crippen molar-refractivity contribution in [1.29, 1.82) is 0 Å². The van der Waals surface area contributed by atoms with Crippen LogP contribution in [0.2, 0.25) is 4.34 Å². The first-order chi connectivity index (χ1) is 7.18. The van der Waals surface area contributed by atoms with Crippen molar-refractivity contribution in [2.45, 2.75) is 6.10 Å². The van der Waals surface area contributed by atoms with Crippen LogP contribution in [-0.2, 0) is 0 Å². The summed E-state index contributed by atoms with van der Waals surface area (Å²) in [4.78, 5) is 0.854. The fourth-order valence-corrected chi connectivity index (χ4v) is 2.89. The molecule has 0 amide bonds. The number of hydrogen-bond donors (Lipinski definition) is 1. The summed E-state index contributed by atoms with van der Waals surface area (Å²) >= 11 is 10.6. The molecule has 0 aliphatic carbocycles. The first-order valence-electron chi connectivity index (χ1n) is 4.36. The number of thiophene rings is 1. The van der Waals surface area contributed by atoms with Crippen LogP contribution >= 0.6 is 38.9 Å². The first kappa shape index (κ1) is 11.1. The van der Waals surface area contributed by atoms with Gasteiger partial charge in [-0.1, -0.05) is 45.7 Å². The van der Waals surface area contributed by atoms with E-state index in [0.29, 0.717) is 4.34 Å². The molecule has 0 saturated heterocycles. The van der Waals surface area contributed by atoms with Gasteiger partial charge in [-0.2, -0.15) is 0 Å². The largest absolute Gasteiger partial charge is 0.383 e. The Morgan fingerprint density at radius 3 is 2.53 bits per heavy atom. The van der Waals surface area contributed by atoms with E-state index >= 15 is 0 Å². The molecule has 1 N–H and O–H groups in total. The third kappa shape index (κ3) is 2.42. The second-order valence-electron chi connectivity index (χ2n) is 3.07. The van der Waals surface area contributed by atoms with Gasteiger partial charge in [0.1, 0.15) is 6.10 Å². The lowest BCUT2D eigenvalue weighted by Gasteiger charge is -2.10. The number of aliphatic hydroxyl groups is 1. The number of aliphatic hydroxyl groups excluding tert-OH is 1. The van der Waals surface area contributed by atoms with Crippen LogP contribution in [0, 0.1) is 0 Å². The minimum absolute atomic E-state index is 0.613. The van der Waals surface area contributed by atoms with Gasteiger partial charge in [-0.05, 0) is 23.8 Å². The highest BCUT2D eigenvalue weighted by Gasteiger charge is 2.14. The van der Waals surface area contributed by atoms with Crippen molar-refractivity contribution in [3.63, 3.8) is 0 Å². The molecular weight excluding hydrogens is 296 g/mol. The molecule has 1 aromatic heterocycles. The van der Waals surface area contributed by atoms with E-state index in [1.165, 1.54) is 11.3 Å². The van der Waals surface area contributed by atoms with E-state index in [1.807, 2.05) is 30.3 Å². The molecule has 1 heterocycles. The van der Waals surface area contributed by atoms with Gasteiger partial charge in [0.15, 0.2) is 0 Å². The fourth-order valence-electron chi connectivity index (χ4n) is 1.33. The van der Waals surface area contributed by atoms with Crippen molar-refractivity contribution in [3.05, 3.63) is 55.6 Å². The molecule has 0 radical (unpaired) electrons. The summed E-state index contributed by atoms with van der Waals surface area (Å²) in [6.07, 6.45) is -0.613. The molecule has 0 saturated carbocycles. The van der Waals surface area contributed by atoms with E-state index in [9.17, 15) is 5.11 Å². The SMILES string of the molecule is OC(c1ccc(Cl)s1)c1ccccc1Br. The van der Waals surface area contributed by atoms with Crippen LogP contribution in [0.3, 0.4) is 0 Å². The average Bonchev–Trinajstić information content (AvgIpc) is 2.65. The second kappa shape index (κ2) is 4.66. The van der Waals surface area contributed by atoms with E-state index in [2.05, 4.69) is 15.9 Å². The zero-order chi connectivity index (χ0) is 10.8. The minimum atomic E-state index is -0.613. The highest BCUT2D eigenvalue weighted by Crippen LogP contribution is 2.33. The maximum absolute atomic E-state index is 10.1. The van der Waals surface area contributed by atoms with E-state index in [1.54, 1.807) is 6.07 Å². The number of benzene rings is 1. The Balaban J connectivity index is 2.36. The van der Waals surface area contributed by atoms with E-state index in [4.69, 9.17) is 11.6 Å². The number of rotatable bonds is 2. The predicted molar refractivity (Wildman–Crippen MR) is 67.5 cm³/mol. The summed E-state index contributed by atoms with van der Waals surface area (Å²) in [6.45, 7) is 0. The zero-order valence-electron chi connectivity index (χ0n) is 7.65. The normalized spacial score (nSPS) is 12.7. The number of halogens is 2. The third-order valence-electron chi connectivity index (χ3n) is 2.06. The Kier molecular flexibility index (Phi) is 3.46. The maximum atomic E-state index is 10.1. The summed E-state index contributed by atoms with van der Waals surface area (Å²) in [5, 5.41) is 10.1. The molecule has 0 fully saturated rings. The lowest BCUT2D eigenvalue weighted by atomic mass is 10.1. The van der Waals surface area contributed by atoms with E-state index in [-0.39, 0.29) is 0 Å². The summed E-state index contributed by atoms with van der Waals surface area (Å²) in [7, 11) is 0. The molecule has 78 valence electrons. The Hall–Kier alpha value is -0.350. The minimum Gasteiger partial charge on any atom is -0.383 e. The fraction of sp³-hybridized carbons (Fsp3) is 0.0909. The van der Waals surface area contributed by atoms with Crippen LogP contribution in [0.5, 0.6) is 0 Å². The van der Waals surface area contributed by atoms with Gasteiger partial charge in [-0.3, -0.25) is 0 Å². The Morgan fingerprint density at radius 1 is 1.20 bits per heavy atom. The van der Waals surface area contributed by atoms with Crippen LogP contribution in [0.15, 0.2) is 40.9 Å². The van der Waals surface area contributed by atoms with Crippen LogP contribution < -0.4 is 0 Å². The average molecular weight is 304 g/mol. The zero-order valence-corrected chi connectivity index (χ0v) is 10.8. The van der Waals surface area contributed by atoms with E-state index < -0.39 is 6.10 Å². The lowest BCUT2D eigenvalue weighted by molar-refractivity contribution is 0.223. The van der Waals surface area contributed by atoms with Gasteiger partial charge in [-0.15, -0.1) is 11.3 Å². The van der Waals surface area contributed by atoms with Crippen molar-refractivity contribution in [2.24, 2.45) is 0 Å². The van der Waals surface area contributed by atoms with Crippen LogP contribution in [0.25, 0.3) is 0 Å². The maximum Gasteiger partial charge on any atom is 0.114 e. The van der Waals surface area contributed by atoms with Crippen molar-refractivity contribution < 1.29 is 5.11 Å². The topological polar surface area (TPSA) is 20.2 Å². The Bertz CT molecular complexity index is 469. The molecule has 15 heavy (non-hydrogen) atoms. The van der Waals surface area contributed by atoms with Gasteiger partial charge in [0, 0.05) is 9.35 Å². The monoisotopic (exact) mass is 302 g/mol. The molecule has 4 heteroatoms. The summed E-state index contributed by atoms with van der Waals surface area (Å²) in [6, 6.07) is 11.3. The quantitative estimate of drug-likeness (QED) is 0.879. The standard InChI is InChI=1S/C11H8BrClOS/c12-8-4-2-1-3-7(8)11(14)9-5-6-10(13)15-9/h1-6,11,14H. The molecule has 0 bridgehead atoms. The van der Waals surface area contributed by atoms with Gasteiger partial charge in [0.2, 0.25) is 0 Å². The van der Waals surface area contributed by atoms with E-state index in [0.717, 1.165) is 14.9 Å². The Morgan fingerprint density at radius 2 is 1.93 bits per heavy atom. The third-order valence-corrected chi connectivity index (χ3v) is 4.07. The lowest BCUT2D eigenvalue weighted by Crippen LogP contribution is -1.97. The molecule has 2 rings (SSSR count). The van der Waals surface area contributed by atoms with Gasteiger partial charge in [-0.25, -0.2) is 0 Å². The second-order valence-corrected chi connectivity index (χ2v) is 5.67. The smallest absolute Gasteiger partial charge is 0.114 e. The molecular formula is C11H8BrClOS. The van der Waals surface area contributed by atoms with Gasteiger partial charge in [0.25, 0.3) is 0 Å². The summed E-state index contributed by atoms with van der Waals surface area (Å²) in [5.74, 6) is 0. The summed E-state index contributed by atoms with van der Waals surface area (Å²) < 4.78 is 1.60. The van der Waals surface area contributed by atoms with Crippen LogP contribution in [-0.4, -0.2) is 5.11 Å². The van der Waals surface area contributed by atoms with Gasteiger partial charge < -0.3 is 5.11 Å². The van der Waals surface area contributed by atoms with Crippen molar-refractivity contribution in [3.8, 4) is 0 Å². The molecule has 0 aliphatic rings. The number of hydrogen-bond acceptors (Lipinski definition) is 2. The van der Waals surface area contributed by atoms with Crippen LogP contribution in [0.1, 0.15) is 16.5 Å². The Labute approximate surface area is 105 Å². The van der Waals surface area contributed by atoms with Crippen LogP contribution in [0.4, 0.5) is 0 Å². The van der Waals surface area contributed by atoms with Crippen molar-refractivity contribution >= 4 is 38.9 Å². The highest BCUT2D eigenvalue weighted by atomic mass is 79.9.